The number of halogens is 1. The summed E-state index contributed by atoms with van der Waals surface area (Å²) in [5.74, 6) is 0.768. The van der Waals surface area contributed by atoms with E-state index in [0.717, 1.165) is 27.6 Å². The van der Waals surface area contributed by atoms with Gasteiger partial charge in [0.25, 0.3) is 0 Å². The molecule has 0 aliphatic carbocycles. The predicted molar refractivity (Wildman–Crippen MR) is 108 cm³/mol. The SMILES string of the molecule is C[SiH](C)C[C@H](NC(=O)OC(C)(C)C)c1ncc(-c2ccc(Br)cc2)[nH]1. The quantitative estimate of drug-likeness (QED) is 0.672. The summed E-state index contributed by atoms with van der Waals surface area (Å²) in [6.07, 6.45) is 1.40. The first-order valence-corrected chi connectivity index (χ1v) is 12.4. The maximum atomic E-state index is 12.2. The number of alkyl carbamates (subject to hydrolysis) is 1. The van der Waals surface area contributed by atoms with Crippen LogP contribution in [0.5, 0.6) is 0 Å². The van der Waals surface area contributed by atoms with Crippen LogP contribution in [0.15, 0.2) is 34.9 Å². The number of nitrogens with zero attached hydrogens (tertiary/aromatic N) is 1. The Morgan fingerprint density at radius 1 is 1.32 bits per heavy atom. The zero-order valence-electron chi connectivity index (χ0n) is 15.4. The van der Waals surface area contributed by atoms with Gasteiger partial charge < -0.3 is 15.0 Å². The number of carbonyl (C=O) groups excluding carboxylic acids is 1. The number of benzene rings is 1. The van der Waals surface area contributed by atoms with Crippen molar-refractivity contribution in [2.75, 3.05) is 0 Å². The zero-order valence-corrected chi connectivity index (χ0v) is 18.1. The van der Waals surface area contributed by atoms with Gasteiger partial charge in [-0.2, -0.15) is 0 Å². The Kier molecular flexibility index (Phi) is 6.45. The van der Waals surface area contributed by atoms with E-state index >= 15 is 0 Å². The molecule has 0 aliphatic heterocycles. The standard InChI is InChI=1S/C18H26BrN3O2Si/c1-18(2,3)24-17(23)22-15(11-25(4)5)16-20-10-14(21-16)12-6-8-13(19)9-7-12/h6-10,15,25H,11H2,1-5H3,(H,20,21)(H,22,23)/t15-/m0/s1. The molecule has 5 nitrogen and oxygen atoms in total. The van der Waals surface area contributed by atoms with Gasteiger partial charge in [-0.05, 0) is 44.5 Å². The molecule has 0 radical (unpaired) electrons. The number of aromatic amines is 1. The van der Waals surface area contributed by atoms with E-state index in [4.69, 9.17) is 4.74 Å². The molecule has 1 amide bonds. The van der Waals surface area contributed by atoms with Crippen molar-refractivity contribution < 1.29 is 9.53 Å². The topological polar surface area (TPSA) is 67.0 Å². The molecule has 1 aromatic heterocycles. The van der Waals surface area contributed by atoms with E-state index in [1.807, 2.05) is 51.2 Å². The lowest BCUT2D eigenvalue weighted by Crippen LogP contribution is -2.36. The summed E-state index contributed by atoms with van der Waals surface area (Å²) < 4.78 is 6.43. The summed E-state index contributed by atoms with van der Waals surface area (Å²) >= 11 is 3.44. The molecule has 0 unspecified atom stereocenters. The van der Waals surface area contributed by atoms with Crippen molar-refractivity contribution in [1.82, 2.24) is 15.3 Å². The average Bonchev–Trinajstić information content (AvgIpc) is 2.94. The van der Waals surface area contributed by atoms with Crippen LogP contribution in [-0.2, 0) is 4.74 Å². The second-order valence-corrected chi connectivity index (χ2v) is 11.7. The van der Waals surface area contributed by atoms with Gasteiger partial charge >= 0.3 is 6.09 Å². The monoisotopic (exact) mass is 423 g/mol. The lowest BCUT2D eigenvalue weighted by molar-refractivity contribution is 0.0506. The lowest BCUT2D eigenvalue weighted by atomic mass is 10.2. The fraction of sp³-hybridized carbons (Fsp3) is 0.444. The summed E-state index contributed by atoms with van der Waals surface area (Å²) in [6, 6.07) is 8.78. The number of rotatable bonds is 5. The van der Waals surface area contributed by atoms with Crippen LogP contribution >= 0.6 is 15.9 Å². The number of ether oxygens (including phenoxy) is 1. The van der Waals surface area contributed by atoms with Gasteiger partial charge in [0.2, 0.25) is 0 Å². The maximum Gasteiger partial charge on any atom is 0.408 e. The third-order valence-electron chi connectivity index (χ3n) is 3.48. The third kappa shape index (κ3) is 6.32. The number of hydrogen-bond acceptors (Lipinski definition) is 3. The van der Waals surface area contributed by atoms with Gasteiger partial charge in [-0.1, -0.05) is 41.2 Å². The number of nitrogens with one attached hydrogen (secondary N) is 2. The van der Waals surface area contributed by atoms with Gasteiger partial charge in [0.05, 0.1) is 17.9 Å². The van der Waals surface area contributed by atoms with Crippen molar-refractivity contribution in [3.63, 3.8) is 0 Å². The second-order valence-electron chi connectivity index (χ2n) is 7.52. The first kappa shape index (κ1) is 19.7. The second kappa shape index (κ2) is 8.18. The average molecular weight is 424 g/mol. The highest BCUT2D eigenvalue weighted by molar-refractivity contribution is 9.10. The van der Waals surface area contributed by atoms with Crippen molar-refractivity contribution in [1.29, 1.82) is 0 Å². The minimum absolute atomic E-state index is 0.161. The van der Waals surface area contributed by atoms with Crippen LogP contribution in [-0.4, -0.2) is 30.5 Å². The van der Waals surface area contributed by atoms with E-state index in [1.165, 1.54) is 0 Å². The van der Waals surface area contributed by atoms with Gasteiger partial charge in [-0.3, -0.25) is 0 Å². The summed E-state index contributed by atoms with van der Waals surface area (Å²) in [6.45, 7) is 10.1. The molecule has 7 heteroatoms. The van der Waals surface area contributed by atoms with Crippen molar-refractivity contribution in [2.24, 2.45) is 0 Å². The van der Waals surface area contributed by atoms with Crippen LogP contribution in [0, 0.1) is 0 Å². The van der Waals surface area contributed by atoms with E-state index in [0.29, 0.717) is 0 Å². The summed E-state index contributed by atoms with van der Waals surface area (Å²) in [7, 11) is -0.918. The maximum absolute atomic E-state index is 12.2. The minimum atomic E-state index is -0.918. The van der Waals surface area contributed by atoms with E-state index in [9.17, 15) is 4.79 Å². The molecule has 2 aromatic rings. The van der Waals surface area contributed by atoms with Gasteiger partial charge in [0.1, 0.15) is 11.4 Å². The molecule has 0 bridgehead atoms. The van der Waals surface area contributed by atoms with Crippen LogP contribution in [0.3, 0.4) is 0 Å². The van der Waals surface area contributed by atoms with E-state index in [1.54, 1.807) is 0 Å². The first-order valence-electron chi connectivity index (χ1n) is 8.44. The molecular weight excluding hydrogens is 398 g/mol. The van der Waals surface area contributed by atoms with Gasteiger partial charge in [0.15, 0.2) is 0 Å². The molecule has 1 aromatic carbocycles. The first-order chi connectivity index (χ1) is 11.6. The van der Waals surface area contributed by atoms with E-state index in [2.05, 4.69) is 44.3 Å². The van der Waals surface area contributed by atoms with Crippen LogP contribution in [0.4, 0.5) is 4.79 Å². The Morgan fingerprint density at radius 3 is 2.52 bits per heavy atom. The molecule has 1 atom stereocenters. The largest absolute Gasteiger partial charge is 0.444 e. The predicted octanol–water partition coefficient (Wildman–Crippen LogP) is 4.89. The van der Waals surface area contributed by atoms with Crippen molar-refractivity contribution in [3.05, 3.63) is 40.8 Å². The highest BCUT2D eigenvalue weighted by atomic mass is 79.9. The Bertz CT molecular complexity index is 708. The Labute approximate surface area is 159 Å². The highest BCUT2D eigenvalue weighted by Gasteiger charge is 2.23. The lowest BCUT2D eigenvalue weighted by Gasteiger charge is -2.23. The summed E-state index contributed by atoms with van der Waals surface area (Å²) in [4.78, 5) is 20.0. The Hall–Kier alpha value is -1.60. The fourth-order valence-corrected chi connectivity index (χ4v) is 4.00. The van der Waals surface area contributed by atoms with Crippen molar-refractivity contribution >= 4 is 30.8 Å². The molecule has 0 aliphatic rings. The van der Waals surface area contributed by atoms with E-state index < -0.39 is 20.5 Å². The Balaban J connectivity index is 2.17. The number of imidazole rings is 1. The number of amides is 1. The molecular formula is C18H26BrN3O2Si. The van der Waals surface area contributed by atoms with Crippen molar-refractivity contribution in [3.8, 4) is 11.3 Å². The zero-order chi connectivity index (χ0) is 18.6. The number of hydrogen-bond donors (Lipinski definition) is 2. The molecule has 1 heterocycles. The van der Waals surface area contributed by atoms with Crippen LogP contribution in [0.1, 0.15) is 32.6 Å². The molecule has 0 fully saturated rings. The molecule has 0 saturated heterocycles. The molecule has 0 saturated carbocycles. The normalized spacial score (nSPS) is 12.9. The number of carbonyl (C=O) groups is 1. The van der Waals surface area contributed by atoms with Crippen LogP contribution < -0.4 is 5.32 Å². The van der Waals surface area contributed by atoms with Crippen LogP contribution in [0.2, 0.25) is 19.1 Å². The minimum Gasteiger partial charge on any atom is -0.444 e. The highest BCUT2D eigenvalue weighted by Crippen LogP contribution is 2.24. The van der Waals surface area contributed by atoms with Gasteiger partial charge in [0, 0.05) is 13.3 Å². The number of H-pyrrole nitrogens is 1. The molecule has 2 rings (SSSR count). The number of aromatic nitrogens is 2. The molecule has 0 spiro atoms. The fourth-order valence-electron chi connectivity index (χ4n) is 2.45. The third-order valence-corrected chi connectivity index (χ3v) is 5.42. The van der Waals surface area contributed by atoms with Crippen molar-refractivity contribution in [2.45, 2.75) is 51.6 Å². The van der Waals surface area contributed by atoms with E-state index in [-0.39, 0.29) is 6.04 Å². The molecule has 25 heavy (non-hydrogen) atoms. The molecule has 2 N–H and O–H groups in total. The Morgan fingerprint density at radius 2 is 1.96 bits per heavy atom. The summed E-state index contributed by atoms with van der Waals surface area (Å²) in [5, 5.41) is 2.97. The van der Waals surface area contributed by atoms with Gasteiger partial charge in [-0.25, -0.2) is 9.78 Å². The van der Waals surface area contributed by atoms with Crippen LogP contribution in [0.25, 0.3) is 11.3 Å². The van der Waals surface area contributed by atoms with Gasteiger partial charge in [-0.15, -0.1) is 0 Å². The smallest absolute Gasteiger partial charge is 0.408 e. The summed E-state index contributed by atoms with van der Waals surface area (Å²) in [5.41, 5.74) is 1.47. The molecule has 136 valence electrons.